The van der Waals surface area contributed by atoms with Gasteiger partial charge in [-0.1, -0.05) is 12.1 Å². The molecule has 2 rings (SSSR count). The van der Waals surface area contributed by atoms with Gasteiger partial charge in [0.2, 0.25) is 11.8 Å². The minimum atomic E-state index is -0.298. The maximum Gasteiger partial charge on any atom is 0.237 e. The molecule has 1 amide bonds. The average molecular weight is 302 g/mol. The summed E-state index contributed by atoms with van der Waals surface area (Å²) in [7, 11) is 0. The van der Waals surface area contributed by atoms with Gasteiger partial charge in [0.05, 0.1) is 5.75 Å². The second kappa shape index (κ2) is 6.37. The molecule has 0 fully saturated rings. The molecule has 0 aliphatic rings. The molecule has 0 unspecified atom stereocenters. The van der Waals surface area contributed by atoms with E-state index >= 15 is 0 Å². The lowest BCUT2D eigenvalue weighted by molar-refractivity contribution is -0.113. The van der Waals surface area contributed by atoms with E-state index in [1.807, 2.05) is 6.07 Å². The number of carbonyl (C=O) groups excluding carboxylic acids is 1. The van der Waals surface area contributed by atoms with E-state index in [1.54, 1.807) is 38.1 Å². The summed E-state index contributed by atoms with van der Waals surface area (Å²) in [5, 5.41) is 21.3. The molecule has 0 atom stereocenters. The Labute approximate surface area is 126 Å². The average Bonchev–Trinajstić information content (AvgIpc) is 2.72. The van der Waals surface area contributed by atoms with E-state index in [0.29, 0.717) is 16.2 Å². The van der Waals surface area contributed by atoms with Gasteiger partial charge in [-0.3, -0.25) is 10.1 Å². The number of para-hydroxylation sites is 1. The summed E-state index contributed by atoms with van der Waals surface area (Å²) < 4.78 is 5.37. The molecule has 0 saturated carbocycles. The molecule has 1 aromatic heterocycles. The summed E-state index contributed by atoms with van der Waals surface area (Å²) in [6.45, 7) is 3.51. The molecule has 6 heteroatoms. The number of amides is 1. The van der Waals surface area contributed by atoms with Crippen LogP contribution in [-0.2, 0) is 4.79 Å². The summed E-state index contributed by atoms with van der Waals surface area (Å²) >= 11 is 1.21. The molecule has 2 N–H and O–H groups in total. The van der Waals surface area contributed by atoms with Crippen LogP contribution in [0.4, 0.5) is 5.88 Å². The highest BCUT2D eigenvalue weighted by Gasteiger charge is 2.16. The number of hydrogen-bond acceptors (Lipinski definition) is 5. The van der Waals surface area contributed by atoms with Crippen molar-refractivity contribution in [3.05, 3.63) is 41.2 Å². The molecule has 0 bridgehead atoms. The highest BCUT2D eigenvalue weighted by molar-refractivity contribution is 8.00. The Balaban J connectivity index is 2.02. The van der Waals surface area contributed by atoms with Crippen LogP contribution in [-0.4, -0.2) is 16.8 Å². The van der Waals surface area contributed by atoms with E-state index in [4.69, 9.17) is 9.68 Å². The number of hydrogen-bond donors (Lipinski definition) is 2. The smallest absolute Gasteiger partial charge is 0.237 e. The van der Waals surface area contributed by atoms with Gasteiger partial charge in [-0.15, -0.1) is 11.8 Å². The molecule has 0 radical (unpaired) electrons. The molecule has 0 saturated heterocycles. The lowest BCUT2D eigenvalue weighted by atomic mass is 10.2. The van der Waals surface area contributed by atoms with Crippen LogP contribution in [0.15, 0.2) is 33.6 Å². The fraction of sp³-hybridized carbons (Fsp3) is 0.200. The Hall–Kier alpha value is -2.39. The van der Waals surface area contributed by atoms with Crippen LogP contribution in [0.5, 0.6) is 5.75 Å². The first-order valence-corrected chi connectivity index (χ1v) is 7.22. The summed E-state index contributed by atoms with van der Waals surface area (Å²) in [4.78, 5) is 12.5. The third-order valence-electron chi connectivity index (χ3n) is 2.97. The van der Waals surface area contributed by atoms with Gasteiger partial charge in [-0.2, -0.15) is 5.26 Å². The van der Waals surface area contributed by atoms with E-state index < -0.39 is 0 Å². The van der Waals surface area contributed by atoms with Crippen molar-refractivity contribution in [3.63, 3.8) is 0 Å². The summed E-state index contributed by atoms with van der Waals surface area (Å²) in [5.41, 5.74) is 1.06. The third kappa shape index (κ3) is 3.38. The number of rotatable bonds is 4. The minimum absolute atomic E-state index is 0.112. The molecule has 2 aromatic rings. The third-order valence-corrected chi connectivity index (χ3v) is 4.04. The quantitative estimate of drug-likeness (QED) is 0.847. The highest BCUT2D eigenvalue weighted by Crippen LogP contribution is 2.29. The maximum absolute atomic E-state index is 11.9. The standard InChI is InChI=1S/C15H14N2O3S/c1-9-10(2)20-15(11(9)7-16)17-14(19)8-21-13-6-4-3-5-12(13)18/h3-6,18H,8H2,1-2H3,(H,17,19). The van der Waals surface area contributed by atoms with Crippen molar-refractivity contribution < 1.29 is 14.3 Å². The molecule has 5 nitrogen and oxygen atoms in total. The number of phenolic OH excluding ortho intramolecular Hbond substituents is 1. The van der Waals surface area contributed by atoms with Crippen LogP contribution >= 0.6 is 11.8 Å². The second-order valence-corrected chi connectivity index (χ2v) is 5.42. The van der Waals surface area contributed by atoms with Crippen molar-refractivity contribution in [1.82, 2.24) is 0 Å². The first kappa shape index (κ1) is 15.0. The zero-order chi connectivity index (χ0) is 15.4. The zero-order valence-corrected chi connectivity index (χ0v) is 12.5. The van der Waals surface area contributed by atoms with Gasteiger partial charge in [-0.05, 0) is 26.0 Å². The van der Waals surface area contributed by atoms with Crippen LogP contribution in [0.25, 0.3) is 0 Å². The molecule has 21 heavy (non-hydrogen) atoms. The van der Waals surface area contributed by atoms with Crippen molar-refractivity contribution in [2.75, 3.05) is 11.1 Å². The number of thioether (sulfide) groups is 1. The molecular weight excluding hydrogens is 288 g/mol. The predicted molar refractivity (Wildman–Crippen MR) is 80.4 cm³/mol. The number of benzene rings is 1. The largest absolute Gasteiger partial charge is 0.507 e. The van der Waals surface area contributed by atoms with Crippen LogP contribution in [0, 0.1) is 25.2 Å². The van der Waals surface area contributed by atoms with E-state index in [0.717, 1.165) is 5.56 Å². The van der Waals surface area contributed by atoms with Gasteiger partial charge >= 0.3 is 0 Å². The molecule has 1 aromatic carbocycles. The number of carbonyl (C=O) groups is 1. The Morgan fingerprint density at radius 3 is 2.81 bits per heavy atom. The number of aryl methyl sites for hydroxylation is 1. The van der Waals surface area contributed by atoms with Gasteiger partial charge in [-0.25, -0.2) is 0 Å². The second-order valence-electron chi connectivity index (χ2n) is 4.40. The van der Waals surface area contributed by atoms with Crippen LogP contribution in [0.2, 0.25) is 0 Å². The SMILES string of the molecule is Cc1oc(NC(=O)CSc2ccccc2O)c(C#N)c1C. The van der Waals surface area contributed by atoms with Crippen molar-refractivity contribution in [3.8, 4) is 11.8 Å². The van der Waals surface area contributed by atoms with Gasteiger partial charge in [0.15, 0.2) is 0 Å². The number of nitrogens with zero attached hydrogens (tertiary/aromatic N) is 1. The maximum atomic E-state index is 11.9. The molecule has 0 aliphatic carbocycles. The van der Waals surface area contributed by atoms with Crippen LogP contribution in [0.3, 0.4) is 0 Å². The van der Waals surface area contributed by atoms with Crippen molar-refractivity contribution in [2.45, 2.75) is 18.7 Å². The molecule has 0 aliphatic heterocycles. The summed E-state index contributed by atoms with van der Waals surface area (Å²) in [6.07, 6.45) is 0. The van der Waals surface area contributed by atoms with Gasteiger partial charge < -0.3 is 9.52 Å². The number of phenols is 1. The molecule has 108 valence electrons. The fourth-order valence-electron chi connectivity index (χ4n) is 1.73. The number of aromatic hydroxyl groups is 1. The monoisotopic (exact) mass is 302 g/mol. The van der Waals surface area contributed by atoms with Crippen molar-refractivity contribution in [2.24, 2.45) is 0 Å². The first-order chi connectivity index (χ1) is 10.0. The number of anilines is 1. The fourth-order valence-corrected chi connectivity index (χ4v) is 2.48. The van der Waals surface area contributed by atoms with Gasteiger partial charge in [0, 0.05) is 10.5 Å². The van der Waals surface area contributed by atoms with Gasteiger partial charge in [0.25, 0.3) is 0 Å². The van der Waals surface area contributed by atoms with Gasteiger partial charge in [0.1, 0.15) is 23.1 Å². The normalized spacial score (nSPS) is 10.1. The molecule has 1 heterocycles. The lowest BCUT2D eigenvalue weighted by Crippen LogP contribution is -2.14. The number of furan rings is 1. The van der Waals surface area contributed by atoms with E-state index in [1.165, 1.54) is 11.8 Å². The van der Waals surface area contributed by atoms with Crippen LogP contribution < -0.4 is 5.32 Å². The topological polar surface area (TPSA) is 86.3 Å². The first-order valence-electron chi connectivity index (χ1n) is 6.23. The van der Waals surface area contributed by atoms with Crippen LogP contribution in [0.1, 0.15) is 16.9 Å². The Morgan fingerprint density at radius 2 is 2.14 bits per heavy atom. The number of nitrogens with one attached hydrogen (secondary N) is 1. The minimum Gasteiger partial charge on any atom is -0.507 e. The van der Waals surface area contributed by atoms with Crippen molar-refractivity contribution in [1.29, 1.82) is 5.26 Å². The Bertz CT molecular complexity index is 716. The lowest BCUT2D eigenvalue weighted by Gasteiger charge is -2.04. The summed E-state index contributed by atoms with van der Waals surface area (Å²) in [6, 6.07) is 8.81. The van der Waals surface area contributed by atoms with E-state index in [2.05, 4.69) is 5.32 Å². The Morgan fingerprint density at radius 1 is 1.43 bits per heavy atom. The van der Waals surface area contributed by atoms with E-state index in [-0.39, 0.29) is 23.3 Å². The summed E-state index contributed by atoms with van der Waals surface area (Å²) in [5.74, 6) is 0.734. The predicted octanol–water partition coefficient (Wildman–Crippen LogP) is 3.20. The molecule has 0 spiro atoms. The van der Waals surface area contributed by atoms with Crippen molar-refractivity contribution >= 4 is 23.6 Å². The highest BCUT2D eigenvalue weighted by atomic mass is 32.2. The zero-order valence-electron chi connectivity index (χ0n) is 11.6. The number of nitriles is 1. The van der Waals surface area contributed by atoms with E-state index in [9.17, 15) is 9.90 Å². The molecular formula is C15H14N2O3S. The Kier molecular flexibility index (Phi) is 4.55.